The van der Waals surface area contributed by atoms with E-state index >= 15 is 0 Å². The van der Waals surface area contributed by atoms with Gasteiger partial charge in [-0.3, -0.25) is 4.79 Å². The van der Waals surface area contributed by atoms with Crippen LogP contribution in [0.4, 0.5) is 0 Å². The molecule has 4 aliphatic carbocycles. The van der Waals surface area contributed by atoms with Gasteiger partial charge >= 0.3 is 5.97 Å². The van der Waals surface area contributed by atoms with Crippen LogP contribution in [-0.2, 0) is 19.1 Å². The lowest BCUT2D eigenvalue weighted by Crippen LogP contribution is -2.64. The summed E-state index contributed by atoms with van der Waals surface area (Å²) >= 11 is 0. The van der Waals surface area contributed by atoms with Crippen LogP contribution in [0.3, 0.4) is 0 Å². The number of carbonyl (C=O) groups excluding carboxylic acids is 2. The molecular formula is C31H48O5. The molecule has 10 atom stereocenters. The molecule has 5 rings (SSSR count). The highest BCUT2D eigenvalue weighted by molar-refractivity contribution is 5.94. The molecule has 0 aromatic carbocycles. The van der Waals surface area contributed by atoms with Gasteiger partial charge in [0.25, 0.3) is 0 Å². The molecule has 1 spiro atoms. The van der Waals surface area contributed by atoms with Gasteiger partial charge in [-0.15, -0.1) is 0 Å². The highest BCUT2D eigenvalue weighted by Crippen LogP contribution is 2.76. The van der Waals surface area contributed by atoms with Gasteiger partial charge in [-0.25, -0.2) is 4.79 Å². The first-order valence-electron chi connectivity index (χ1n) is 14.3. The number of ether oxygens (including phenoxy) is 2. The van der Waals surface area contributed by atoms with E-state index in [1.165, 1.54) is 0 Å². The lowest BCUT2D eigenvalue weighted by atomic mass is 9.41. The van der Waals surface area contributed by atoms with E-state index in [0.717, 1.165) is 44.9 Å². The first-order valence-corrected chi connectivity index (χ1v) is 14.3. The second kappa shape index (κ2) is 8.15. The van der Waals surface area contributed by atoms with Gasteiger partial charge in [-0.2, -0.15) is 0 Å². The Hall–Kier alpha value is -1.20. The predicted octanol–water partition coefficient (Wildman–Crippen LogP) is 5.88. The summed E-state index contributed by atoms with van der Waals surface area (Å²) in [5.41, 5.74) is -0.802. The number of fused-ring (bicyclic) bond motifs is 3. The Morgan fingerprint density at radius 1 is 1.06 bits per heavy atom. The second-order valence-electron chi connectivity index (χ2n) is 14.5. The predicted molar refractivity (Wildman–Crippen MR) is 139 cm³/mol. The van der Waals surface area contributed by atoms with Crippen molar-refractivity contribution < 1.29 is 24.2 Å². The molecule has 0 saturated heterocycles. The van der Waals surface area contributed by atoms with E-state index in [4.69, 9.17) is 9.47 Å². The number of carbonyl (C=O) groups is 2. The number of hydrogen-bond acceptors (Lipinski definition) is 5. The number of ketones is 1. The van der Waals surface area contributed by atoms with Crippen molar-refractivity contribution in [3.8, 4) is 0 Å². The van der Waals surface area contributed by atoms with Crippen molar-refractivity contribution in [3.63, 3.8) is 0 Å². The van der Waals surface area contributed by atoms with Crippen molar-refractivity contribution >= 4 is 11.8 Å². The summed E-state index contributed by atoms with van der Waals surface area (Å²) in [6, 6.07) is 0. The smallest absolute Gasteiger partial charge is 0.334 e. The fourth-order valence-corrected chi connectivity index (χ4v) is 10.7. The lowest BCUT2D eigenvalue weighted by Gasteiger charge is -2.62. The Morgan fingerprint density at radius 2 is 1.75 bits per heavy atom. The van der Waals surface area contributed by atoms with E-state index in [9.17, 15) is 14.7 Å². The molecular weight excluding hydrogens is 452 g/mol. The molecule has 0 aromatic rings. The zero-order valence-corrected chi connectivity index (χ0v) is 23.8. The van der Waals surface area contributed by atoms with Crippen LogP contribution < -0.4 is 0 Å². The maximum absolute atomic E-state index is 14.9. The fraction of sp³-hybridized carbons (Fsp3) is 0.871. The summed E-state index contributed by atoms with van der Waals surface area (Å²) in [6.45, 7) is 15.6. The van der Waals surface area contributed by atoms with Crippen molar-refractivity contribution in [1.29, 1.82) is 0 Å². The van der Waals surface area contributed by atoms with E-state index in [2.05, 4.69) is 41.5 Å². The molecule has 0 aromatic heterocycles. The van der Waals surface area contributed by atoms with Gasteiger partial charge in [0.1, 0.15) is 11.9 Å². The average Bonchev–Trinajstić information content (AvgIpc) is 3.35. The molecule has 202 valence electrons. The van der Waals surface area contributed by atoms with Gasteiger partial charge in [0, 0.05) is 18.1 Å². The molecule has 5 heteroatoms. The largest absolute Gasteiger partial charge is 0.455 e. The van der Waals surface area contributed by atoms with Crippen LogP contribution in [0.15, 0.2) is 11.6 Å². The van der Waals surface area contributed by atoms with Gasteiger partial charge in [-0.05, 0) is 98.4 Å². The van der Waals surface area contributed by atoms with Crippen LogP contribution in [0.2, 0.25) is 0 Å². The van der Waals surface area contributed by atoms with Crippen LogP contribution in [0.1, 0.15) is 99.8 Å². The topological polar surface area (TPSA) is 72.8 Å². The Bertz CT molecular complexity index is 983. The van der Waals surface area contributed by atoms with Crippen LogP contribution in [0.5, 0.6) is 0 Å². The van der Waals surface area contributed by atoms with Crippen molar-refractivity contribution in [2.75, 3.05) is 7.11 Å². The Balaban J connectivity index is 1.45. The number of hydrogen-bond donors (Lipinski definition) is 1. The maximum Gasteiger partial charge on any atom is 0.334 e. The zero-order chi connectivity index (χ0) is 26.5. The molecule has 5 aliphatic rings. The molecule has 4 saturated carbocycles. The molecule has 0 unspecified atom stereocenters. The number of Topliss-reactive ketones (excluding diaryl/α,β-unsaturated/α-hetero) is 1. The summed E-state index contributed by atoms with van der Waals surface area (Å²) in [6.07, 6.45) is 8.43. The van der Waals surface area contributed by atoms with Crippen molar-refractivity contribution in [3.05, 3.63) is 11.6 Å². The third-order valence-corrected chi connectivity index (χ3v) is 13.0. The van der Waals surface area contributed by atoms with E-state index < -0.39 is 16.9 Å². The summed E-state index contributed by atoms with van der Waals surface area (Å²) in [5.74, 6) is 1.16. The Kier molecular flexibility index (Phi) is 5.98. The summed E-state index contributed by atoms with van der Waals surface area (Å²) in [4.78, 5) is 26.8. The van der Waals surface area contributed by atoms with E-state index in [1.54, 1.807) is 7.11 Å². The molecule has 1 heterocycles. The highest BCUT2D eigenvalue weighted by atomic mass is 16.5. The molecule has 1 aliphatic heterocycles. The minimum Gasteiger partial charge on any atom is -0.455 e. The first kappa shape index (κ1) is 26.4. The fourth-order valence-electron chi connectivity index (χ4n) is 10.7. The molecule has 0 amide bonds. The first-order chi connectivity index (χ1) is 16.7. The number of esters is 1. The molecule has 5 nitrogen and oxygen atoms in total. The minimum atomic E-state index is -0.666. The zero-order valence-electron chi connectivity index (χ0n) is 23.8. The third-order valence-electron chi connectivity index (χ3n) is 13.0. The van der Waals surface area contributed by atoms with Crippen molar-refractivity contribution in [1.82, 2.24) is 0 Å². The van der Waals surface area contributed by atoms with Gasteiger partial charge in [-0.1, -0.05) is 41.5 Å². The SMILES string of the molecule is CO[C@@H]1CC[C@@]2(C)[C@@H](C[C@H](O)[C@@]23CC[C@]2(C)[C@@H]([C@H](C)C[C@@H]4C=C(C)C(=O)O4)CC[C@@]2(C)C3=O)C1(C)C. The van der Waals surface area contributed by atoms with E-state index in [-0.39, 0.29) is 40.3 Å². The number of aliphatic hydroxyl groups excluding tert-OH is 1. The number of rotatable bonds is 4. The number of methoxy groups -OCH3 is 1. The quantitative estimate of drug-likeness (QED) is 0.488. The van der Waals surface area contributed by atoms with Crippen LogP contribution in [0.25, 0.3) is 0 Å². The average molecular weight is 501 g/mol. The lowest BCUT2D eigenvalue weighted by molar-refractivity contribution is -0.187. The molecule has 0 bridgehead atoms. The van der Waals surface area contributed by atoms with Crippen LogP contribution in [0, 0.1) is 44.8 Å². The van der Waals surface area contributed by atoms with E-state index in [0.29, 0.717) is 29.6 Å². The third kappa shape index (κ3) is 3.08. The maximum atomic E-state index is 14.9. The molecule has 0 radical (unpaired) electrons. The van der Waals surface area contributed by atoms with Gasteiger partial charge < -0.3 is 14.6 Å². The van der Waals surface area contributed by atoms with Gasteiger partial charge in [0.2, 0.25) is 0 Å². The van der Waals surface area contributed by atoms with Crippen molar-refractivity contribution in [2.24, 2.45) is 44.8 Å². The summed E-state index contributed by atoms with van der Waals surface area (Å²) < 4.78 is 11.5. The molecule has 4 fully saturated rings. The van der Waals surface area contributed by atoms with Gasteiger partial charge in [0.05, 0.1) is 17.6 Å². The standard InChI is InChI=1S/C31H48O5/c1-18(15-20-16-19(2)25(33)36-20)21-9-11-30(7)26(34)31(14-13-28(21,30)5)23(32)17-22-27(3,4)24(35-8)10-12-29(22,31)6/h16,18,20-24,32H,9-15,17H2,1-8H3/t18-,20-,21-,22+,23+,24-,28-,29+,30+,31-/m1/s1. The molecule has 36 heavy (non-hydrogen) atoms. The number of aliphatic hydroxyl groups is 1. The number of cyclic esters (lactones) is 1. The van der Waals surface area contributed by atoms with Crippen LogP contribution in [-0.4, -0.2) is 42.3 Å². The summed E-state index contributed by atoms with van der Waals surface area (Å²) in [7, 11) is 1.80. The highest BCUT2D eigenvalue weighted by Gasteiger charge is 2.76. The van der Waals surface area contributed by atoms with Gasteiger partial charge in [0.15, 0.2) is 0 Å². The molecule has 1 N–H and O–H groups in total. The van der Waals surface area contributed by atoms with Crippen LogP contribution >= 0.6 is 0 Å². The monoisotopic (exact) mass is 500 g/mol. The Labute approximate surface area is 217 Å². The normalized spacial score (nSPS) is 50.6. The summed E-state index contributed by atoms with van der Waals surface area (Å²) in [5, 5.41) is 11.8. The Morgan fingerprint density at radius 3 is 2.36 bits per heavy atom. The second-order valence-corrected chi connectivity index (χ2v) is 14.5. The minimum absolute atomic E-state index is 0.0781. The van der Waals surface area contributed by atoms with Crippen molar-refractivity contribution in [2.45, 2.75) is 118 Å². The van der Waals surface area contributed by atoms with E-state index in [1.807, 2.05) is 13.0 Å².